The van der Waals surface area contributed by atoms with Crippen molar-refractivity contribution >= 4 is 0 Å². The molecule has 0 spiro atoms. The molecular weight excluding hydrogens is 146 g/mol. The minimum absolute atomic E-state index is 0.939. The fraction of sp³-hybridized carbons (Fsp3) is 0.273. The third-order valence-electron chi connectivity index (χ3n) is 2.10. The molecule has 1 aromatic carbocycles. The highest BCUT2D eigenvalue weighted by Crippen LogP contribution is 2.13. The van der Waals surface area contributed by atoms with E-state index in [1.165, 1.54) is 16.7 Å². The summed E-state index contributed by atoms with van der Waals surface area (Å²) in [5.74, 6) is 0. The molecule has 1 heteroatoms. The van der Waals surface area contributed by atoms with Crippen LogP contribution in [-0.2, 0) is 6.42 Å². The van der Waals surface area contributed by atoms with E-state index < -0.39 is 0 Å². The van der Waals surface area contributed by atoms with E-state index in [0.29, 0.717) is 0 Å². The first-order valence-corrected chi connectivity index (χ1v) is 4.17. The van der Waals surface area contributed by atoms with Crippen LogP contribution in [0.2, 0.25) is 0 Å². The molecule has 0 bridgehead atoms. The molecule has 1 nitrogen and oxygen atoms in total. The summed E-state index contributed by atoms with van der Waals surface area (Å²) in [6.07, 6.45) is 4.52. The number of allylic oxidation sites excluding steroid dienone is 1. The van der Waals surface area contributed by atoms with Crippen LogP contribution < -0.4 is 5.73 Å². The molecule has 0 radical (unpaired) electrons. The maximum Gasteiger partial charge on any atom is -0.00750 e. The lowest BCUT2D eigenvalue weighted by atomic mass is 10.0. The second-order valence-corrected chi connectivity index (χ2v) is 3.00. The van der Waals surface area contributed by atoms with E-state index in [-0.39, 0.29) is 0 Å². The molecule has 1 rings (SSSR count). The number of hydrogen-bond acceptors (Lipinski definition) is 1. The SMILES string of the molecule is Cc1cccc(C)c1C/C=C\N. The zero-order valence-electron chi connectivity index (χ0n) is 7.67. The molecule has 0 amide bonds. The van der Waals surface area contributed by atoms with Gasteiger partial charge in [-0.1, -0.05) is 24.3 Å². The Kier molecular flexibility index (Phi) is 2.92. The maximum absolute atomic E-state index is 5.30. The lowest BCUT2D eigenvalue weighted by Gasteiger charge is -2.05. The van der Waals surface area contributed by atoms with Crippen LogP contribution in [0, 0.1) is 13.8 Å². The highest BCUT2D eigenvalue weighted by atomic mass is 14.5. The first-order chi connectivity index (χ1) is 5.75. The predicted molar refractivity (Wildman–Crippen MR) is 52.9 cm³/mol. The van der Waals surface area contributed by atoms with Crippen molar-refractivity contribution in [1.82, 2.24) is 0 Å². The molecule has 0 fully saturated rings. The van der Waals surface area contributed by atoms with E-state index in [1.54, 1.807) is 6.20 Å². The number of rotatable bonds is 2. The Morgan fingerprint density at radius 2 is 1.83 bits per heavy atom. The third kappa shape index (κ3) is 1.88. The minimum Gasteiger partial charge on any atom is -0.405 e. The summed E-state index contributed by atoms with van der Waals surface area (Å²) < 4.78 is 0. The normalized spacial score (nSPS) is 10.8. The van der Waals surface area contributed by atoms with Crippen molar-refractivity contribution in [3.8, 4) is 0 Å². The van der Waals surface area contributed by atoms with Gasteiger partial charge in [0.1, 0.15) is 0 Å². The Bertz CT molecular complexity index is 267. The summed E-state index contributed by atoms with van der Waals surface area (Å²) in [6, 6.07) is 6.35. The molecule has 0 unspecified atom stereocenters. The van der Waals surface area contributed by atoms with Crippen LogP contribution in [0.3, 0.4) is 0 Å². The van der Waals surface area contributed by atoms with Gasteiger partial charge in [0.25, 0.3) is 0 Å². The molecule has 0 aromatic heterocycles. The van der Waals surface area contributed by atoms with Gasteiger partial charge in [0.2, 0.25) is 0 Å². The van der Waals surface area contributed by atoms with E-state index >= 15 is 0 Å². The van der Waals surface area contributed by atoms with Crippen LogP contribution in [0.5, 0.6) is 0 Å². The van der Waals surface area contributed by atoms with Crippen molar-refractivity contribution in [1.29, 1.82) is 0 Å². The smallest absolute Gasteiger partial charge is 0.00750 e. The monoisotopic (exact) mass is 161 g/mol. The van der Waals surface area contributed by atoms with Gasteiger partial charge in [-0.2, -0.15) is 0 Å². The molecule has 1 aromatic rings. The van der Waals surface area contributed by atoms with E-state index in [1.807, 2.05) is 6.08 Å². The van der Waals surface area contributed by atoms with Gasteiger partial charge in [0.15, 0.2) is 0 Å². The Labute approximate surface area is 73.9 Å². The molecule has 0 aliphatic rings. The van der Waals surface area contributed by atoms with Gasteiger partial charge >= 0.3 is 0 Å². The molecule has 0 saturated heterocycles. The largest absolute Gasteiger partial charge is 0.405 e. The number of hydrogen-bond donors (Lipinski definition) is 1. The maximum atomic E-state index is 5.30. The van der Waals surface area contributed by atoms with Gasteiger partial charge in [0.05, 0.1) is 0 Å². The minimum atomic E-state index is 0.939. The molecule has 0 aliphatic carbocycles. The Hall–Kier alpha value is -1.24. The van der Waals surface area contributed by atoms with Gasteiger partial charge in [-0.25, -0.2) is 0 Å². The van der Waals surface area contributed by atoms with Gasteiger partial charge in [-0.05, 0) is 43.2 Å². The number of benzene rings is 1. The zero-order valence-corrected chi connectivity index (χ0v) is 7.67. The lowest BCUT2D eigenvalue weighted by Crippen LogP contribution is -1.91. The quantitative estimate of drug-likeness (QED) is 0.707. The second kappa shape index (κ2) is 3.96. The standard InChI is InChI=1S/C11H15N/c1-9-5-3-6-10(2)11(9)7-4-8-12/h3-6,8H,7,12H2,1-2H3/b8-4-. The first kappa shape index (κ1) is 8.85. The summed E-state index contributed by atoms with van der Waals surface area (Å²) in [5.41, 5.74) is 9.37. The molecule has 0 heterocycles. The van der Waals surface area contributed by atoms with E-state index in [9.17, 15) is 0 Å². The zero-order chi connectivity index (χ0) is 8.97. The highest BCUT2D eigenvalue weighted by Gasteiger charge is 1.98. The highest BCUT2D eigenvalue weighted by molar-refractivity contribution is 5.34. The fourth-order valence-electron chi connectivity index (χ4n) is 1.36. The van der Waals surface area contributed by atoms with Crippen molar-refractivity contribution in [2.24, 2.45) is 5.73 Å². The lowest BCUT2D eigenvalue weighted by molar-refractivity contribution is 1.16. The summed E-state index contributed by atoms with van der Waals surface area (Å²) in [4.78, 5) is 0. The molecular formula is C11H15N. The molecule has 0 aliphatic heterocycles. The Morgan fingerprint density at radius 3 is 2.33 bits per heavy atom. The van der Waals surface area contributed by atoms with Crippen molar-refractivity contribution < 1.29 is 0 Å². The van der Waals surface area contributed by atoms with Crippen LogP contribution in [-0.4, -0.2) is 0 Å². The van der Waals surface area contributed by atoms with Crippen molar-refractivity contribution in [3.05, 3.63) is 47.2 Å². The van der Waals surface area contributed by atoms with Gasteiger partial charge in [-0.3, -0.25) is 0 Å². The number of aryl methyl sites for hydroxylation is 2. The average molecular weight is 161 g/mol. The molecule has 2 N–H and O–H groups in total. The number of nitrogens with two attached hydrogens (primary N) is 1. The van der Waals surface area contributed by atoms with E-state index in [0.717, 1.165) is 6.42 Å². The molecule has 12 heavy (non-hydrogen) atoms. The van der Waals surface area contributed by atoms with Gasteiger partial charge in [0, 0.05) is 0 Å². The molecule has 0 atom stereocenters. The van der Waals surface area contributed by atoms with Crippen LogP contribution in [0.15, 0.2) is 30.5 Å². The van der Waals surface area contributed by atoms with Crippen LogP contribution in [0.25, 0.3) is 0 Å². The van der Waals surface area contributed by atoms with Crippen LogP contribution >= 0.6 is 0 Å². The van der Waals surface area contributed by atoms with Gasteiger partial charge < -0.3 is 5.73 Å². The van der Waals surface area contributed by atoms with Crippen molar-refractivity contribution in [2.45, 2.75) is 20.3 Å². The third-order valence-corrected chi connectivity index (χ3v) is 2.10. The second-order valence-electron chi connectivity index (χ2n) is 3.00. The summed E-state index contributed by atoms with van der Waals surface area (Å²) in [7, 11) is 0. The van der Waals surface area contributed by atoms with Crippen LogP contribution in [0.4, 0.5) is 0 Å². The molecule has 64 valence electrons. The predicted octanol–water partition coefficient (Wildman–Crippen LogP) is 2.32. The van der Waals surface area contributed by atoms with Crippen LogP contribution in [0.1, 0.15) is 16.7 Å². The summed E-state index contributed by atoms with van der Waals surface area (Å²) >= 11 is 0. The molecule has 0 saturated carbocycles. The van der Waals surface area contributed by atoms with E-state index in [2.05, 4.69) is 32.0 Å². The summed E-state index contributed by atoms with van der Waals surface area (Å²) in [6.45, 7) is 4.26. The topological polar surface area (TPSA) is 26.0 Å². The Balaban J connectivity index is 2.96. The first-order valence-electron chi connectivity index (χ1n) is 4.17. The average Bonchev–Trinajstić information content (AvgIpc) is 2.04. The van der Waals surface area contributed by atoms with Crippen molar-refractivity contribution in [2.75, 3.05) is 0 Å². The summed E-state index contributed by atoms with van der Waals surface area (Å²) in [5, 5.41) is 0. The van der Waals surface area contributed by atoms with E-state index in [4.69, 9.17) is 5.73 Å². The van der Waals surface area contributed by atoms with Gasteiger partial charge in [-0.15, -0.1) is 0 Å². The Morgan fingerprint density at radius 1 is 1.25 bits per heavy atom. The fourth-order valence-corrected chi connectivity index (χ4v) is 1.36. The van der Waals surface area contributed by atoms with Crippen molar-refractivity contribution in [3.63, 3.8) is 0 Å².